The number of benzene rings is 1. The van der Waals surface area contributed by atoms with E-state index in [1.165, 1.54) is 0 Å². The van der Waals surface area contributed by atoms with Crippen molar-refractivity contribution < 1.29 is 26.7 Å². The van der Waals surface area contributed by atoms with Crippen molar-refractivity contribution in [1.29, 1.82) is 0 Å². The number of rotatable bonds is 7. The Kier molecular flexibility index (Phi) is 5.88. The SMILES string of the molecule is CCNCc1ccccc1COCC(F)(F)C(F)(F)F. The van der Waals surface area contributed by atoms with Gasteiger partial charge >= 0.3 is 12.1 Å². The largest absolute Gasteiger partial charge is 0.455 e. The van der Waals surface area contributed by atoms with Crippen molar-refractivity contribution in [2.75, 3.05) is 13.2 Å². The van der Waals surface area contributed by atoms with E-state index in [4.69, 9.17) is 0 Å². The molecule has 1 N–H and O–H groups in total. The maximum Gasteiger partial charge on any atom is 0.455 e. The lowest BCUT2D eigenvalue weighted by atomic mass is 10.1. The van der Waals surface area contributed by atoms with Crippen molar-refractivity contribution in [2.24, 2.45) is 0 Å². The molecule has 0 radical (unpaired) electrons. The van der Waals surface area contributed by atoms with Crippen molar-refractivity contribution >= 4 is 0 Å². The minimum absolute atomic E-state index is 0.284. The van der Waals surface area contributed by atoms with Crippen LogP contribution >= 0.6 is 0 Å². The summed E-state index contributed by atoms with van der Waals surface area (Å²) in [7, 11) is 0. The van der Waals surface area contributed by atoms with E-state index in [2.05, 4.69) is 10.1 Å². The van der Waals surface area contributed by atoms with Gasteiger partial charge in [-0.3, -0.25) is 0 Å². The van der Waals surface area contributed by atoms with E-state index in [9.17, 15) is 22.0 Å². The van der Waals surface area contributed by atoms with Gasteiger partial charge in [-0.25, -0.2) is 0 Å². The van der Waals surface area contributed by atoms with Crippen LogP contribution in [-0.2, 0) is 17.9 Å². The second-order valence-electron chi connectivity index (χ2n) is 4.24. The predicted octanol–water partition coefficient (Wildman–Crippen LogP) is 3.51. The predicted molar refractivity (Wildman–Crippen MR) is 64.5 cm³/mol. The van der Waals surface area contributed by atoms with Crippen LogP contribution in [0.4, 0.5) is 22.0 Å². The molecule has 0 bridgehead atoms. The zero-order valence-corrected chi connectivity index (χ0v) is 10.9. The Hall–Kier alpha value is -1.21. The average Bonchev–Trinajstić information content (AvgIpc) is 2.36. The molecule has 114 valence electrons. The maximum atomic E-state index is 12.7. The van der Waals surface area contributed by atoms with Crippen molar-refractivity contribution in [2.45, 2.75) is 32.2 Å². The molecule has 0 aliphatic rings. The van der Waals surface area contributed by atoms with Gasteiger partial charge in [-0.1, -0.05) is 31.2 Å². The molecule has 20 heavy (non-hydrogen) atoms. The molecule has 0 unspecified atom stereocenters. The third-order valence-electron chi connectivity index (χ3n) is 2.64. The van der Waals surface area contributed by atoms with E-state index in [1.54, 1.807) is 24.3 Å². The first-order chi connectivity index (χ1) is 9.28. The molecule has 0 saturated carbocycles. The normalized spacial score (nSPS) is 12.7. The monoisotopic (exact) mass is 297 g/mol. The Balaban J connectivity index is 2.58. The molecule has 2 nitrogen and oxygen atoms in total. The van der Waals surface area contributed by atoms with Crippen LogP contribution in [0.15, 0.2) is 24.3 Å². The van der Waals surface area contributed by atoms with E-state index >= 15 is 0 Å². The van der Waals surface area contributed by atoms with Gasteiger partial charge < -0.3 is 10.1 Å². The third-order valence-corrected chi connectivity index (χ3v) is 2.64. The summed E-state index contributed by atoms with van der Waals surface area (Å²) >= 11 is 0. The van der Waals surface area contributed by atoms with Gasteiger partial charge in [0.15, 0.2) is 0 Å². The highest BCUT2D eigenvalue weighted by Gasteiger charge is 2.57. The standard InChI is InChI=1S/C13H16F5NO/c1-2-19-7-10-5-3-4-6-11(10)8-20-9-12(14,15)13(16,17)18/h3-6,19H,2,7-9H2,1H3. The van der Waals surface area contributed by atoms with Crippen LogP contribution in [-0.4, -0.2) is 25.3 Å². The third kappa shape index (κ3) is 4.72. The van der Waals surface area contributed by atoms with Crippen LogP contribution in [0.5, 0.6) is 0 Å². The summed E-state index contributed by atoms with van der Waals surface area (Å²) in [6.07, 6.45) is -5.59. The molecule has 0 aliphatic carbocycles. The molecule has 0 heterocycles. The highest BCUT2D eigenvalue weighted by Crippen LogP contribution is 2.35. The lowest BCUT2D eigenvalue weighted by molar-refractivity contribution is -0.297. The molecule has 0 aliphatic heterocycles. The minimum Gasteiger partial charge on any atom is -0.370 e. The first kappa shape index (κ1) is 16.8. The molecular formula is C13H16F5NO. The number of nitrogens with one attached hydrogen (secondary N) is 1. The fraction of sp³-hybridized carbons (Fsp3) is 0.538. The summed E-state index contributed by atoms with van der Waals surface area (Å²) in [5.74, 6) is -4.83. The smallest absolute Gasteiger partial charge is 0.370 e. The number of halogens is 5. The summed E-state index contributed by atoms with van der Waals surface area (Å²) in [5.41, 5.74) is 1.40. The van der Waals surface area contributed by atoms with Gasteiger partial charge in [0.05, 0.1) is 6.61 Å². The molecule has 0 atom stereocenters. The van der Waals surface area contributed by atoms with Gasteiger partial charge in [-0.2, -0.15) is 22.0 Å². The Morgan fingerprint density at radius 3 is 2.20 bits per heavy atom. The van der Waals surface area contributed by atoms with Crippen LogP contribution < -0.4 is 5.32 Å². The molecule has 7 heteroatoms. The molecule has 0 aromatic heterocycles. The Bertz CT molecular complexity index is 419. The molecule has 0 amide bonds. The summed E-state index contributed by atoms with van der Waals surface area (Å²) in [4.78, 5) is 0. The van der Waals surface area contributed by atoms with Gasteiger partial charge in [0.2, 0.25) is 0 Å². The number of hydrogen-bond donors (Lipinski definition) is 1. The number of hydrogen-bond acceptors (Lipinski definition) is 2. The Labute approximate surface area is 113 Å². The highest BCUT2D eigenvalue weighted by molar-refractivity contribution is 5.26. The van der Waals surface area contributed by atoms with Gasteiger partial charge in [-0.15, -0.1) is 0 Å². The van der Waals surface area contributed by atoms with Crippen molar-refractivity contribution in [3.05, 3.63) is 35.4 Å². The lowest BCUT2D eigenvalue weighted by Gasteiger charge is -2.19. The first-order valence-electron chi connectivity index (χ1n) is 6.07. The van der Waals surface area contributed by atoms with E-state index in [-0.39, 0.29) is 6.61 Å². The van der Waals surface area contributed by atoms with Crippen LogP contribution in [0.25, 0.3) is 0 Å². The van der Waals surface area contributed by atoms with Gasteiger partial charge in [0.25, 0.3) is 0 Å². The van der Waals surface area contributed by atoms with Crippen LogP contribution in [0.1, 0.15) is 18.1 Å². The van der Waals surface area contributed by atoms with E-state index < -0.39 is 18.7 Å². The van der Waals surface area contributed by atoms with Crippen molar-refractivity contribution in [1.82, 2.24) is 5.32 Å². The minimum atomic E-state index is -5.59. The van der Waals surface area contributed by atoms with E-state index in [0.29, 0.717) is 12.1 Å². The molecule has 1 rings (SSSR count). The van der Waals surface area contributed by atoms with Crippen molar-refractivity contribution in [3.63, 3.8) is 0 Å². The van der Waals surface area contributed by atoms with E-state index in [0.717, 1.165) is 12.1 Å². The van der Waals surface area contributed by atoms with Crippen molar-refractivity contribution in [3.8, 4) is 0 Å². The van der Waals surface area contributed by atoms with Crippen LogP contribution in [0.2, 0.25) is 0 Å². The molecule has 0 fully saturated rings. The fourth-order valence-corrected chi connectivity index (χ4v) is 1.50. The summed E-state index contributed by atoms with van der Waals surface area (Å²) in [5, 5.41) is 3.05. The maximum absolute atomic E-state index is 12.7. The summed E-state index contributed by atoms with van der Waals surface area (Å²) < 4.78 is 65.8. The van der Waals surface area contributed by atoms with Gasteiger partial charge in [0.1, 0.15) is 6.61 Å². The Morgan fingerprint density at radius 1 is 1.05 bits per heavy atom. The molecule has 1 aromatic carbocycles. The first-order valence-corrected chi connectivity index (χ1v) is 6.07. The quantitative estimate of drug-likeness (QED) is 0.778. The number of alkyl halides is 5. The van der Waals surface area contributed by atoms with Gasteiger partial charge in [-0.05, 0) is 17.7 Å². The number of ether oxygens (including phenoxy) is 1. The molecule has 1 aromatic rings. The van der Waals surface area contributed by atoms with Crippen LogP contribution in [0.3, 0.4) is 0 Å². The fourth-order valence-electron chi connectivity index (χ4n) is 1.50. The highest BCUT2D eigenvalue weighted by atomic mass is 19.4. The zero-order chi connectivity index (χ0) is 15.2. The molecule has 0 saturated heterocycles. The molecular weight excluding hydrogens is 281 g/mol. The topological polar surface area (TPSA) is 21.3 Å². The second kappa shape index (κ2) is 6.99. The summed E-state index contributed by atoms with van der Waals surface area (Å²) in [6, 6.07) is 6.85. The zero-order valence-electron chi connectivity index (χ0n) is 10.9. The average molecular weight is 297 g/mol. The van der Waals surface area contributed by atoms with Crippen LogP contribution in [0, 0.1) is 0 Å². The lowest BCUT2D eigenvalue weighted by Crippen LogP contribution is -2.40. The van der Waals surface area contributed by atoms with Gasteiger partial charge in [0, 0.05) is 6.54 Å². The van der Waals surface area contributed by atoms with E-state index in [1.807, 2.05) is 6.92 Å². The summed E-state index contributed by atoms with van der Waals surface area (Å²) in [6.45, 7) is 1.18. The second-order valence-corrected chi connectivity index (χ2v) is 4.24. The Morgan fingerprint density at radius 2 is 1.65 bits per heavy atom. The molecule has 0 spiro atoms.